The second kappa shape index (κ2) is 8.93. The molecule has 5 heteroatoms. The van der Waals surface area contributed by atoms with Gasteiger partial charge in [-0.2, -0.15) is 0 Å². The van der Waals surface area contributed by atoms with E-state index >= 15 is 0 Å². The normalized spacial score (nSPS) is 23.9. The Bertz CT molecular complexity index is 779. The van der Waals surface area contributed by atoms with Crippen molar-refractivity contribution in [3.63, 3.8) is 0 Å². The fraction of sp³-hybridized carbons (Fsp3) is 0.318. The highest BCUT2D eigenvalue weighted by Crippen LogP contribution is 2.42. The van der Waals surface area contributed by atoms with Gasteiger partial charge in [-0.3, -0.25) is 9.69 Å². The Morgan fingerprint density at radius 1 is 1.11 bits per heavy atom. The molecule has 0 aliphatic carbocycles. The number of hydrogen-bond donors (Lipinski definition) is 1. The van der Waals surface area contributed by atoms with E-state index in [0.717, 1.165) is 11.1 Å². The van der Waals surface area contributed by atoms with E-state index in [4.69, 9.17) is 10.5 Å². The zero-order valence-electron chi connectivity index (χ0n) is 15.4. The number of nitrogens with zero attached hydrogens (tertiary/aromatic N) is 1. The lowest BCUT2D eigenvalue weighted by Gasteiger charge is -2.43. The van der Waals surface area contributed by atoms with Gasteiger partial charge in [-0.1, -0.05) is 66.7 Å². The Hall–Kier alpha value is -2.50. The first-order valence-corrected chi connectivity index (χ1v) is 9.18. The highest BCUT2D eigenvalue weighted by Gasteiger charge is 2.43. The number of carbonyl (C=O) groups is 1. The molecule has 0 bridgehead atoms. The van der Waals surface area contributed by atoms with Crippen LogP contribution in [0.4, 0.5) is 4.39 Å². The lowest BCUT2D eigenvalue weighted by Crippen LogP contribution is -2.49. The lowest BCUT2D eigenvalue weighted by molar-refractivity contribution is -0.173. The molecule has 0 saturated carbocycles. The molecule has 0 amide bonds. The number of hydrogen-bond acceptors (Lipinski definition) is 4. The molecule has 1 fully saturated rings. The lowest BCUT2D eigenvalue weighted by atomic mass is 9.91. The average Bonchev–Trinajstić information content (AvgIpc) is 2.70. The summed E-state index contributed by atoms with van der Waals surface area (Å²) in [6, 6.07) is 18.7. The summed E-state index contributed by atoms with van der Waals surface area (Å²) in [6.45, 7) is 0.376. The van der Waals surface area contributed by atoms with E-state index in [1.165, 1.54) is 6.08 Å². The van der Waals surface area contributed by atoms with Crippen LogP contribution in [0.2, 0.25) is 0 Å². The monoisotopic (exact) mass is 368 g/mol. The van der Waals surface area contributed by atoms with Crippen molar-refractivity contribution in [3.05, 3.63) is 83.7 Å². The molecule has 3 rings (SSSR count). The van der Waals surface area contributed by atoms with Crippen molar-refractivity contribution in [2.75, 3.05) is 13.6 Å². The van der Waals surface area contributed by atoms with Gasteiger partial charge in [0.15, 0.2) is 0 Å². The van der Waals surface area contributed by atoms with Crippen LogP contribution in [0.5, 0.6) is 0 Å². The largest absolute Gasteiger partial charge is 0.454 e. The van der Waals surface area contributed by atoms with Crippen LogP contribution in [-0.4, -0.2) is 30.5 Å². The van der Waals surface area contributed by atoms with Crippen molar-refractivity contribution in [1.29, 1.82) is 0 Å². The quantitative estimate of drug-likeness (QED) is 0.785. The molecule has 2 aromatic carbocycles. The summed E-state index contributed by atoms with van der Waals surface area (Å²) in [6.07, 6.45) is 1.44. The zero-order valence-corrected chi connectivity index (χ0v) is 15.4. The third-order valence-electron chi connectivity index (χ3n) is 4.92. The van der Waals surface area contributed by atoms with Crippen molar-refractivity contribution >= 4 is 5.97 Å². The van der Waals surface area contributed by atoms with Gasteiger partial charge in [-0.25, -0.2) is 4.39 Å². The van der Waals surface area contributed by atoms with Gasteiger partial charge in [-0.15, -0.1) is 0 Å². The number of benzene rings is 2. The molecule has 3 unspecified atom stereocenters. The minimum Gasteiger partial charge on any atom is -0.454 e. The van der Waals surface area contributed by atoms with E-state index < -0.39 is 18.1 Å². The first kappa shape index (κ1) is 19.3. The minimum absolute atomic E-state index is 0.0137. The van der Waals surface area contributed by atoms with E-state index in [-0.39, 0.29) is 18.3 Å². The maximum absolute atomic E-state index is 14.2. The molecular weight excluding hydrogens is 343 g/mol. The third-order valence-corrected chi connectivity index (χ3v) is 4.92. The predicted molar refractivity (Wildman–Crippen MR) is 103 cm³/mol. The summed E-state index contributed by atoms with van der Waals surface area (Å²) < 4.78 is 20.1. The average molecular weight is 368 g/mol. The molecule has 1 saturated heterocycles. The van der Waals surface area contributed by atoms with Gasteiger partial charge < -0.3 is 10.5 Å². The number of cyclic esters (lactones) is 1. The molecule has 27 heavy (non-hydrogen) atoms. The first-order chi connectivity index (χ1) is 13.1. The summed E-state index contributed by atoms with van der Waals surface area (Å²) >= 11 is 0. The number of esters is 1. The van der Waals surface area contributed by atoms with E-state index in [1.807, 2.05) is 72.6 Å². The fourth-order valence-corrected chi connectivity index (χ4v) is 3.53. The SMILES string of the molecule is CN1C(C/C(F)=C\CCN)C(=O)OC(c2ccccc2)C1c1ccccc1. The third kappa shape index (κ3) is 4.43. The fourth-order valence-electron chi connectivity index (χ4n) is 3.53. The number of nitrogens with two attached hydrogens (primary N) is 1. The maximum Gasteiger partial charge on any atom is 0.324 e. The van der Waals surface area contributed by atoms with Crippen LogP contribution >= 0.6 is 0 Å². The van der Waals surface area contributed by atoms with Crippen LogP contribution in [-0.2, 0) is 9.53 Å². The van der Waals surface area contributed by atoms with Crippen LogP contribution in [0.15, 0.2) is 72.6 Å². The number of rotatable bonds is 6. The molecule has 142 valence electrons. The summed E-state index contributed by atoms with van der Waals surface area (Å²) in [4.78, 5) is 14.6. The van der Waals surface area contributed by atoms with Crippen LogP contribution in [0.25, 0.3) is 0 Å². The molecule has 3 atom stereocenters. The Labute approximate surface area is 159 Å². The molecule has 2 N–H and O–H groups in total. The summed E-state index contributed by atoms with van der Waals surface area (Å²) in [5.41, 5.74) is 7.38. The van der Waals surface area contributed by atoms with Gasteiger partial charge in [0.2, 0.25) is 0 Å². The molecule has 0 radical (unpaired) electrons. The van der Waals surface area contributed by atoms with Crippen molar-refractivity contribution in [3.8, 4) is 0 Å². The Morgan fingerprint density at radius 2 is 1.70 bits per heavy atom. The van der Waals surface area contributed by atoms with E-state index in [0.29, 0.717) is 13.0 Å². The van der Waals surface area contributed by atoms with Crippen molar-refractivity contribution in [2.45, 2.75) is 31.0 Å². The van der Waals surface area contributed by atoms with Gasteiger partial charge in [-0.05, 0) is 31.1 Å². The van der Waals surface area contributed by atoms with Crippen LogP contribution in [0.3, 0.4) is 0 Å². The highest BCUT2D eigenvalue weighted by atomic mass is 19.1. The van der Waals surface area contributed by atoms with Gasteiger partial charge in [0.1, 0.15) is 12.1 Å². The Morgan fingerprint density at radius 3 is 2.30 bits per heavy atom. The van der Waals surface area contributed by atoms with Gasteiger partial charge in [0.25, 0.3) is 0 Å². The second-order valence-electron chi connectivity index (χ2n) is 6.74. The van der Waals surface area contributed by atoms with E-state index in [1.54, 1.807) is 0 Å². The number of likely N-dealkylation sites (N-methyl/N-ethyl adjacent to an activating group) is 1. The molecule has 1 aliphatic rings. The second-order valence-corrected chi connectivity index (χ2v) is 6.74. The summed E-state index contributed by atoms with van der Waals surface area (Å²) in [5, 5.41) is 0. The first-order valence-electron chi connectivity index (χ1n) is 9.18. The zero-order chi connectivity index (χ0) is 19.2. The number of morpholine rings is 1. The standard InChI is InChI=1S/C22H25FN2O2/c1-25-19(15-18(23)13-8-14-24)22(26)27-21(17-11-6-3-7-12-17)20(25)16-9-4-2-5-10-16/h2-7,9-13,19-21H,8,14-15,24H2,1H3/b18-13+. The van der Waals surface area contributed by atoms with Gasteiger partial charge >= 0.3 is 5.97 Å². The van der Waals surface area contributed by atoms with Crippen LogP contribution in [0.1, 0.15) is 36.1 Å². The van der Waals surface area contributed by atoms with Crippen molar-refractivity contribution in [2.24, 2.45) is 5.73 Å². The summed E-state index contributed by atoms with van der Waals surface area (Å²) in [5.74, 6) is -0.742. The molecule has 1 heterocycles. The number of halogens is 1. The van der Waals surface area contributed by atoms with Crippen molar-refractivity contribution < 1.29 is 13.9 Å². The Balaban J connectivity index is 1.93. The minimum atomic E-state index is -0.677. The molecular formula is C22H25FN2O2. The smallest absolute Gasteiger partial charge is 0.324 e. The van der Waals surface area contributed by atoms with Crippen LogP contribution < -0.4 is 5.73 Å². The predicted octanol–water partition coefficient (Wildman–Crippen LogP) is 3.92. The molecule has 4 nitrogen and oxygen atoms in total. The maximum atomic E-state index is 14.2. The summed E-state index contributed by atoms with van der Waals surface area (Å²) in [7, 11) is 1.86. The number of carbonyl (C=O) groups excluding carboxylic acids is 1. The Kier molecular flexibility index (Phi) is 6.37. The highest BCUT2D eigenvalue weighted by molar-refractivity contribution is 5.77. The molecule has 2 aromatic rings. The number of ether oxygens (including phenoxy) is 1. The van der Waals surface area contributed by atoms with Gasteiger partial charge in [0.05, 0.1) is 11.9 Å². The molecule has 0 spiro atoms. The van der Waals surface area contributed by atoms with Crippen molar-refractivity contribution in [1.82, 2.24) is 4.90 Å². The topological polar surface area (TPSA) is 55.6 Å². The van der Waals surface area contributed by atoms with Gasteiger partial charge in [0, 0.05) is 6.42 Å². The van der Waals surface area contributed by atoms with E-state index in [2.05, 4.69) is 0 Å². The molecule has 1 aliphatic heterocycles. The van der Waals surface area contributed by atoms with E-state index in [9.17, 15) is 9.18 Å². The molecule has 0 aromatic heterocycles. The van der Waals surface area contributed by atoms with Crippen LogP contribution in [0, 0.1) is 0 Å².